The molecule has 4 rings (SSSR count). The van der Waals surface area contributed by atoms with Gasteiger partial charge in [-0.1, -0.05) is 18.2 Å². The largest absolute Gasteiger partial charge is 0.368 e. The highest BCUT2D eigenvalue weighted by molar-refractivity contribution is 7.90. The first kappa shape index (κ1) is 16.1. The van der Waals surface area contributed by atoms with Crippen LogP contribution in [0.25, 0.3) is 10.9 Å². The molecule has 1 fully saturated rings. The second-order valence-electron chi connectivity index (χ2n) is 5.99. The van der Waals surface area contributed by atoms with Gasteiger partial charge in [-0.05, 0) is 30.3 Å². The lowest BCUT2D eigenvalue weighted by Crippen LogP contribution is -2.43. The van der Waals surface area contributed by atoms with Gasteiger partial charge in [-0.25, -0.2) is 16.8 Å². The fraction of sp³-hybridized carbons (Fsp3) is 0.222. The van der Waals surface area contributed by atoms with Gasteiger partial charge in [-0.15, -0.1) is 0 Å². The van der Waals surface area contributed by atoms with Crippen LogP contribution in [0.2, 0.25) is 0 Å². The molecule has 0 aliphatic carbocycles. The molecule has 1 saturated heterocycles. The van der Waals surface area contributed by atoms with Gasteiger partial charge < -0.3 is 10.2 Å². The summed E-state index contributed by atoms with van der Waals surface area (Å²) in [6, 6.07) is 12.8. The number of nitrogens with one attached hydrogen (secondary N) is 1. The van der Waals surface area contributed by atoms with Gasteiger partial charge in [-0.2, -0.15) is 0 Å². The molecule has 0 radical (unpaired) electrons. The highest BCUT2D eigenvalue weighted by Gasteiger charge is 2.23. The van der Waals surface area contributed by atoms with E-state index in [4.69, 9.17) is 0 Å². The third kappa shape index (κ3) is 2.69. The number of aromatic nitrogens is 1. The van der Waals surface area contributed by atoms with Crippen molar-refractivity contribution in [1.29, 1.82) is 0 Å². The van der Waals surface area contributed by atoms with Gasteiger partial charge in [0.15, 0.2) is 0 Å². The van der Waals surface area contributed by atoms with Crippen LogP contribution in [0.1, 0.15) is 0 Å². The number of halogens is 1. The number of rotatable bonds is 3. The van der Waals surface area contributed by atoms with Crippen LogP contribution in [0, 0.1) is 5.82 Å². The Morgan fingerprint density at radius 3 is 2.48 bits per heavy atom. The van der Waals surface area contributed by atoms with Gasteiger partial charge in [0, 0.05) is 43.4 Å². The van der Waals surface area contributed by atoms with Gasteiger partial charge in [0.25, 0.3) is 10.0 Å². The molecule has 2 aromatic carbocycles. The third-order valence-electron chi connectivity index (χ3n) is 4.51. The smallest absolute Gasteiger partial charge is 0.271 e. The van der Waals surface area contributed by atoms with E-state index in [1.165, 1.54) is 24.4 Å². The average molecular weight is 359 g/mol. The predicted octanol–water partition coefficient (Wildman–Crippen LogP) is 2.43. The van der Waals surface area contributed by atoms with Crippen LogP contribution in [-0.4, -0.2) is 38.6 Å². The molecular formula is C18H18FN3O2S. The number of benzene rings is 2. The van der Waals surface area contributed by atoms with Crippen molar-refractivity contribution >= 4 is 26.6 Å². The zero-order chi connectivity index (χ0) is 17.4. The van der Waals surface area contributed by atoms with E-state index in [9.17, 15) is 12.8 Å². The first-order chi connectivity index (χ1) is 12.1. The summed E-state index contributed by atoms with van der Waals surface area (Å²) >= 11 is 0. The molecule has 1 N–H and O–H groups in total. The van der Waals surface area contributed by atoms with E-state index in [1.807, 2.05) is 12.1 Å². The lowest BCUT2D eigenvalue weighted by molar-refractivity contribution is 0.562. The molecule has 1 aromatic heterocycles. The maximum atomic E-state index is 14.0. The fourth-order valence-electron chi connectivity index (χ4n) is 3.28. The number of piperazine rings is 1. The molecule has 0 unspecified atom stereocenters. The SMILES string of the molecule is O=S(=O)(c1ccccc1F)n1ccc2c(N3CCNCC3)cccc21. The fourth-order valence-corrected chi connectivity index (χ4v) is 4.69. The zero-order valence-electron chi connectivity index (χ0n) is 13.5. The van der Waals surface area contributed by atoms with E-state index in [2.05, 4.69) is 10.2 Å². The molecule has 2 heterocycles. The highest BCUT2D eigenvalue weighted by atomic mass is 32.2. The van der Waals surface area contributed by atoms with Crippen LogP contribution in [0.15, 0.2) is 59.6 Å². The highest BCUT2D eigenvalue weighted by Crippen LogP contribution is 2.30. The summed E-state index contributed by atoms with van der Waals surface area (Å²) in [6.07, 6.45) is 1.50. The first-order valence-corrected chi connectivity index (χ1v) is 9.59. The molecule has 0 atom stereocenters. The van der Waals surface area contributed by atoms with Crippen LogP contribution in [0.3, 0.4) is 0 Å². The second-order valence-corrected chi connectivity index (χ2v) is 7.78. The molecule has 7 heteroatoms. The Labute approximate surface area is 145 Å². The summed E-state index contributed by atoms with van der Waals surface area (Å²) in [7, 11) is -3.99. The van der Waals surface area contributed by atoms with Crippen LogP contribution >= 0.6 is 0 Å². The van der Waals surface area contributed by atoms with E-state index in [0.29, 0.717) is 5.52 Å². The molecule has 1 aliphatic rings. The van der Waals surface area contributed by atoms with Gasteiger partial charge in [0.2, 0.25) is 0 Å². The lowest BCUT2D eigenvalue weighted by atomic mass is 10.2. The number of nitrogens with zero attached hydrogens (tertiary/aromatic N) is 2. The summed E-state index contributed by atoms with van der Waals surface area (Å²) in [5, 5.41) is 4.16. The third-order valence-corrected chi connectivity index (χ3v) is 6.23. The minimum atomic E-state index is -3.99. The van der Waals surface area contributed by atoms with Crippen molar-refractivity contribution in [3.05, 3.63) is 60.5 Å². The van der Waals surface area contributed by atoms with Crippen molar-refractivity contribution in [3.8, 4) is 0 Å². The number of hydrogen-bond acceptors (Lipinski definition) is 4. The van der Waals surface area contributed by atoms with Crippen molar-refractivity contribution in [2.45, 2.75) is 4.90 Å². The summed E-state index contributed by atoms with van der Waals surface area (Å²) < 4.78 is 41.0. The molecule has 0 bridgehead atoms. The topological polar surface area (TPSA) is 54.3 Å². The minimum absolute atomic E-state index is 0.319. The van der Waals surface area contributed by atoms with Crippen molar-refractivity contribution in [2.75, 3.05) is 31.1 Å². The summed E-state index contributed by atoms with van der Waals surface area (Å²) in [6.45, 7) is 3.52. The Balaban J connectivity index is 1.86. The van der Waals surface area contributed by atoms with Crippen LogP contribution in [0.5, 0.6) is 0 Å². The van der Waals surface area contributed by atoms with Crippen molar-refractivity contribution in [3.63, 3.8) is 0 Å². The van der Waals surface area contributed by atoms with Crippen molar-refractivity contribution < 1.29 is 12.8 Å². The van der Waals surface area contributed by atoms with Gasteiger partial charge in [-0.3, -0.25) is 0 Å². The normalized spacial score (nSPS) is 15.6. The summed E-state index contributed by atoms with van der Waals surface area (Å²) in [5.41, 5.74) is 1.56. The molecule has 1 aliphatic heterocycles. The van der Waals surface area contributed by atoms with Crippen LogP contribution < -0.4 is 10.2 Å². The maximum Gasteiger partial charge on any atom is 0.271 e. The average Bonchev–Trinajstić information content (AvgIpc) is 3.07. The molecule has 130 valence electrons. The van der Waals surface area contributed by atoms with Crippen molar-refractivity contribution in [2.24, 2.45) is 0 Å². The maximum absolute atomic E-state index is 14.0. The van der Waals surface area contributed by atoms with Gasteiger partial charge in [0.1, 0.15) is 10.7 Å². The van der Waals surface area contributed by atoms with Crippen LogP contribution in [0.4, 0.5) is 10.1 Å². The van der Waals surface area contributed by atoms with Crippen LogP contribution in [-0.2, 0) is 10.0 Å². The molecule has 5 nitrogen and oxygen atoms in total. The second kappa shape index (κ2) is 6.16. The van der Waals surface area contributed by atoms with Crippen molar-refractivity contribution in [1.82, 2.24) is 9.29 Å². The monoisotopic (exact) mass is 359 g/mol. The van der Waals surface area contributed by atoms with E-state index < -0.39 is 15.8 Å². The summed E-state index contributed by atoms with van der Waals surface area (Å²) in [5.74, 6) is -0.748. The predicted molar refractivity (Wildman–Crippen MR) is 96.0 cm³/mol. The molecule has 0 saturated carbocycles. The molecule has 25 heavy (non-hydrogen) atoms. The Kier molecular flexibility index (Phi) is 3.97. The Bertz CT molecular complexity index is 1020. The quantitative estimate of drug-likeness (QED) is 0.780. The standard InChI is InChI=1S/C18H18FN3O2S/c19-15-4-1-2-7-18(15)25(23,24)22-11-8-14-16(5-3-6-17(14)22)21-12-9-20-10-13-21/h1-8,11,20H,9-10,12-13H2. The van der Waals surface area contributed by atoms with Gasteiger partial charge in [0.05, 0.1) is 5.52 Å². The minimum Gasteiger partial charge on any atom is -0.368 e. The Hall–Kier alpha value is -2.38. The Morgan fingerprint density at radius 2 is 1.72 bits per heavy atom. The van der Waals surface area contributed by atoms with E-state index in [-0.39, 0.29) is 4.90 Å². The number of hydrogen-bond donors (Lipinski definition) is 1. The Morgan fingerprint density at radius 1 is 0.960 bits per heavy atom. The molecule has 0 spiro atoms. The molecule has 0 amide bonds. The van der Waals surface area contributed by atoms with E-state index >= 15 is 0 Å². The molecular weight excluding hydrogens is 341 g/mol. The first-order valence-electron chi connectivity index (χ1n) is 8.15. The molecule has 3 aromatic rings. The zero-order valence-corrected chi connectivity index (χ0v) is 14.3. The van der Waals surface area contributed by atoms with E-state index in [0.717, 1.165) is 47.3 Å². The van der Waals surface area contributed by atoms with Gasteiger partial charge >= 0.3 is 0 Å². The van der Waals surface area contributed by atoms with E-state index in [1.54, 1.807) is 12.1 Å². The number of anilines is 1. The number of fused-ring (bicyclic) bond motifs is 1. The lowest BCUT2D eigenvalue weighted by Gasteiger charge is -2.30. The summed E-state index contributed by atoms with van der Waals surface area (Å²) in [4.78, 5) is 1.92.